The van der Waals surface area contributed by atoms with Crippen LogP contribution in [0, 0.1) is 5.92 Å². The first kappa shape index (κ1) is 22.6. The van der Waals surface area contributed by atoms with E-state index in [9.17, 15) is 0 Å². The first-order valence-corrected chi connectivity index (χ1v) is 12.0. The van der Waals surface area contributed by atoms with Crippen molar-refractivity contribution in [1.82, 2.24) is 20.0 Å². The van der Waals surface area contributed by atoms with Gasteiger partial charge in [0.2, 0.25) is 0 Å². The highest BCUT2D eigenvalue weighted by atomic mass is 35.5. The van der Waals surface area contributed by atoms with Crippen molar-refractivity contribution < 1.29 is 4.74 Å². The SMILES string of the molecule is CN=C(NCc1c(Cl)cccc1N1CCN(C)CC1)N1CCC(CN2CCOCC2)C1. The molecule has 1 N–H and O–H groups in total. The molecule has 1 aromatic rings. The van der Waals surface area contributed by atoms with Gasteiger partial charge >= 0.3 is 0 Å². The van der Waals surface area contributed by atoms with E-state index in [1.807, 2.05) is 13.1 Å². The van der Waals surface area contributed by atoms with Crippen LogP contribution in [-0.2, 0) is 11.3 Å². The van der Waals surface area contributed by atoms with Crippen molar-refractivity contribution in [2.75, 3.05) is 91.1 Å². The highest BCUT2D eigenvalue weighted by Crippen LogP contribution is 2.28. The Kier molecular flexibility index (Phi) is 7.93. The molecule has 1 aromatic carbocycles. The lowest BCUT2D eigenvalue weighted by Crippen LogP contribution is -2.45. The third kappa shape index (κ3) is 5.83. The summed E-state index contributed by atoms with van der Waals surface area (Å²) < 4.78 is 5.49. The Morgan fingerprint density at radius 3 is 2.65 bits per heavy atom. The van der Waals surface area contributed by atoms with Gasteiger partial charge in [0.15, 0.2) is 5.96 Å². The van der Waals surface area contributed by atoms with E-state index in [1.54, 1.807) is 0 Å². The zero-order valence-electron chi connectivity index (χ0n) is 19.0. The van der Waals surface area contributed by atoms with Crippen LogP contribution in [0.5, 0.6) is 0 Å². The number of benzene rings is 1. The van der Waals surface area contributed by atoms with Gasteiger partial charge in [0, 0.05) is 88.8 Å². The molecule has 0 aromatic heterocycles. The smallest absolute Gasteiger partial charge is 0.193 e. The lowest BCUT2D eigenvalue weighted by Gasteiger charge is -2.35. The Labute approximate surface area is 192 Å². The van der Waals surface area contributed by atoms with Gasteiger partial charge in [0.1, 0.15) is 0 Å². The van der Waals surface area contributed by atoms with E-state index in [4.69, 9.17) is 16.3 Å². The second kappa shape index (κ2) is 10.9. The Hall–Kier alpha value is -1.54. The van der Waals surface area contributed by atoms with Crippen molar-refractivity contribution in [2.45, 2.75) is 13.0 Å². The predicted octanol–water partition coefficient (Wildman–Crippen LogP) is 1.82. The summed E-state index contributed by atoms with van der Waals surface area (Å²) in [5, 5.41) is 4.43. The van der Waals surface area contributed by atoms with Crippen LogP contribution in [0.1, 0.15) is 12.0 Å². The van der Waals surface area contributed by atoms with Gasteiger partial charge in [-0.25, -0.2) is 0 Å². The Balaban J connectivity index is 1.35. The third-order valence-corrected chi connectivity index (χ3v) is 7.13. The van der Waals surface area contributed by atoms with E-state index in [0.29, 0.717) is 12.5 Å². The van der Waals surface area contributed by atoms with Gasteiger partial charge in [0.25, 0.3) is 0 Å². The van der Waals surface area contributed by atoms with Gasteiger partial charge in [-0.2, -0.15) is 0 Å². The molecule has 3 aliphatic heterocycles. The van der Waals surface area contributed by atoms with E-state index >= 15 is 0 Å². The van der Waals surface area contributed by atoms with Crippen molar-refractivity contribution in [3.63, 3.8) is 0 Å². The number of nitrogens with one attached hydrogen (secondary N) is 1. The molecule has 0 aliphatic carbocycles. The molecule has 0 amide bonds. The van der Waals surface area contributed by atoms with Gasteiger partial charge < -0.3 is 24.8 Å². The average molecular weight is 449 g/mol. The van der Waals surface area contributed by atoms with Gasteiger partial charge in [-0.1, -0.05) is 17.7 Å². The summed E-state index contributed by atoms with van der Waals surface area (Å²) in [7, 11) is 4.07. The predicted molar refractivity (Wildman–Crippen MR) is 128 cm³/mol. The van der Waals surface area contributed by atoms with Crippen molar-refractivity contribution in [2.24, 2.45) is 10.9 Å². The minimum Gasteiger partial charge on any atom is -0.379 e. The Bertz CT molecular complexity index is 746. The number of nitrogens with zero attached hydrogens (tertiary/aromatic N) is 5. The number of ether oxygens (including phenoxy) is 1. The fourth-order valence-corrected chi connectivity index (χ4v) is 5.12. The zero-order chi connectivity index (χ0) is 21.6. The molecule has 172 valence electrons. The summed E-state index contributed by atoms with van der Waals surface area (Å²) in [6.45, 7) is 12.1. The molecule has 1 unspecified atom stereocenters. The average Bonchev–Trinajstić information content (AvgIpc) is 3.24. The maximum atomic E-state index is 6.65. The monoisotopic (exact) mass is 448 g/mol. The number of piperazine rings is 1. The summed E-state index contributed by atoms with van der Waals surface area (Å²) in [6, 6.07) is 6.26. The number of hydrogen-bond donors (Lipinski definition) is 1. The largest absolute Gasteiger partial charge is 0.379 e. The van der Waals surface area contributed by atoms with Gasteiger partial charge in [0.05, 0.1) is 13.2 Å². The molecule has 8 heteroatoms. The molecule has 3 fully saturated rings. The molecule has 0 bridgehead atoms. The molecule has 1 atom stereocenters. The number of halogens is 1. The first-order chi connectivity index (χ1) is 15.1. The van der Waals surface area contributed by atoms with Crippen LogP contribution in [-0.4, -0.2) is 107 Å². The van der Waals surface area contributed by atoms with Gasteiger partial charge in [-0.15, -0.1) is 0 Å². The van der Waals surface area contributed by atoms with E-state index in [2.05, 4.69) is 49.1 Å². The molecule has 31 heavy (non-hydrogen) atoms. The quantitative estimate of drug-likeness (QED) is 0.547. The summed E-state index contributed by atoms with van der Waals surface area (Å²) in [5.41, 5.74) is 2.41. The summed E-state index contributed by atoms with van der Waals surface area (Å²) in [5.74, 6) is 1.67. The van der Waals surface area contributed by atoms with Crippen LogP contribution in [0.2, 0.25) is 5.02 Å². The molecule has 0 radical (unpaired) electrons. The third-order valence-electron chi connectivity index (χ3n) is 6.78. The molecule has 4 rings (SSSR count). The maximum Gasteiger partial charge on any atom is 0.193 e. The molecule has 0 spiro atoms. The first-order valence-electron chi connectivity index (χ1n) is 11.6. The second-order valence-electron chi connectivity index (χ2n) is 8.94. The van der Waals surface area contributed by atoms with Crippen LogP contribution >= 0.6 is 11.6 Å². The standard InChI is InChI=1S/C23H37ClN6O/c1-25-23(30-7-6-19(18-30)17-28-12-14-31-15-13-28)26-16-20-21(24)4-3-5-22(20)29-10-8-27(2)9-11-29/h3-5,19H,6-18H2,1-2H3,(H,25,26). The Morgan fingerprint density at radius 1 is 1.13 bits per heavy atom. The van der Waals surface area contributed by atoms with Gasteiger partial charge in [-0.05, 0) is 31.5 Å². The van der Waals surface area contributed by atoms with Crippen molar-refractivity contribution in [3.05, 3.63) is 28.8 Å². The van der Waals surface area contributed by atoms with Crippen molar-refractivity contribution in [1.29, 1.82) is 0 Å². The Morgan fingerprint density at radius 2 is 1.90 bits per heavy atom. The van der Waals surface area contributed by atoms with Crippen molar-refractivity contribution in [3.8, 4) is 0 Å². The van der Waals surface area contributed by atoms with E-state index in [-0.39, 0.29) is 0 Å². The number of likely N-dealkylation sites (tertiary alicyclic amines) is 1. The normalized spacial score (nSPS) is 24.1. The number of morpholine rings is 1. The van der Waals surface area contributed by atoms with Crippen LogP contribution < -0.4 is 10.2 Å². The fourth-order valence-electron chi connectivity index (χ4n) is 4.89. The number of hydrogen-bond acceptors (Lipinski definition) is 5. The van der Waals surface area contributed by atoms with Crippen LogP contribution in [0.15, 0.2) is 23.2 Å². The van der Waals surface area contributed by atoms with Crippen LogP contribution in [0.3, 0.4) is 0 Å². The molecule has 3 aliphatic rings. The minimum atomic E-state index is 0.692. The van der Waals surface area contributed by atoms with Crippen LogP contribution in [0.25, 0.3) is 0 Å². The van der Waals surface area contributed by atoms with Crippen molar-refractivity contribution >= 4 is 23.2 Å². The lowest BCUT2D eigenvalue weighted by molar-refractivity contribution is 0.0315. The molecule has 7 nitrogen and oxygen atoms in total. The topological polar surface area (TPSA) is 46.6 Å². The molecule has 0 saturated carbocycles. The zero-order valence-corrected chi connectivity index (χ0v) is 19.8. The highest BCUT2D eigenvalue weighted by molar-refractivity contribution is 6.31. The molecule has 3 heterocycles. The number of aliphatic imine (C=N–C) groups is 1. The van der Waals surface area contributed by atoms with Crippen LogP contribution in [0.4, 0.5) is 5.69 Å². The minimum absolute atomic E-state index is 0.692. The highest BCUT2D eigenvalue weighted by Gasteiger charge is 2.27. The van der Waals surface area contributed by atoms with E-state index in [0.717, 1.165) is 83.1 Å². The summed E-state index contributed by atoms with van der Waals surface area (Å²) in [6.07, 6.45) is 1.22. The molecule has 3 saturated heterocycles. The lowest BCUT2D eigenvalue weighted by atomic mass is 10.1. The fraction of sp³-hybridized carbons (Fsp3) is 0.696. The number of guanidine groups is 1. The number of rotatable bonds is 5. The number of likely N-dealkylation sites (N-methyl/N-ethyl adjacent to an activating group) is 1. The summed E-state index contributed by atoms with van der Waals surface area (Å²) >= 11 is 6.65. The van der Waals surface area contributed by atoms with Gasteiger partial charge in [-0.3, -0.25) is 9.89 Å². The summed E-state index contributed by atoms with van der Waals surface area (Å²) in [4.78, 5) is 14.4. The number of anilines is 1. The van der Waals surface area contributed by atoms with E-state index in [1.165, 1.54) is 17.7 Å². The molecular formula is C23H37ClN6O. The van der Waals surface area contributed by atoms with E-state index < -0.39 is 0 Å². The second-order valence-corrected chi connectivity index (χ2v) is 9.35. The molecular weight excluding hydrogens is 412 g/mol. The maximum absolute atomic E-state index is 6.65.